The molecule has 0 saturated carbocycles. The molecule has 6 heteroatoms. The molecule has 0 N–H and O–H groups in total. The minimum Gasteiger partial charge on any atom is -0.457 e. The van der Waals surface area contributed by atoms with Gasteiger partial charge < -0.3 is 10.3 Å². The number of esters is 1. The highest BCUT2D eigenvalue weighted by Crippen LogP contribution is 2.49. The highest BCUT2D eigenvalue weighted by molar-refractivity contribution is 6.62. The van der Waals surface area contributed by atoms with Gasteiger partial charge in [0.1, 0.15) is 0 Å². The molecule has 0 spiro atoms. The minimum atomic E-state index is -0.907. The second-order valence-corrected chi connectivity index (χ2v) is 6.77. The molecule has 0 amide bonds. The summed E-state index contributed by atoms with van der Waals surface area (Å²) in [6, 6.07) is 20.1. The van der Waals surface area contributed by atoms with Crippen LogP contribution in [0.3, 0.4) is 0 Å². The molecule has 0 aliphatic carbocycles. The Morgan fingerprint density at radius 3 is 2.31 bits per heavy atom. The van der Waals surface area contributed by atoms with Crippen LogP contribution in [-0.4, -0.2) is 46.3 Å². The molecule has 1 aliphatic rings. The number of rotatable bonds is 9. The summed E-state index contributed by atoms with van der Waals surface area (Å²) < 4.78 is 4.77. The van der Waals surface area contributed by atoms with Crippen LogP contribution in [0.15, 0.2) is 67.2 Å². The fourth-order valence-corrected chi connectivity index (χ4v) is 3.55. The SMILES string of the molecule is C=C(c1ccccc1)[C@@H]1[C@@H](c2ccccc2)N1CCC(=O)C(=[N+]=[N-])C(=O)OCC. The zero-order valence-electron chi connectivity index (χ0n) is 16.3. The van der Waals surface area contributed by atoms with E-state index in [-0.39, 0.29) is 25.1 Å². The Hall–Kier alpha value is -3.34. The quantitative estimate of drug-likeness (QED) is 0.164. The molecule has 0 aromatic heterocycles. The number of Topliss-reactive ketones (excluding diaryl/α,β-unsaturated/α-hetero) is 1. The van der Waals surface area contributed by atoms with Gasteiger partial charge in [-0.05, 0) is 23.6 Å². The first-order valence-corrected chi connectivity index (χ1v) is 9.55. The number of carbonyl (C=O) groups is 2. The van der Waals surface area contributed by atoms with Gasteiger partial charge >= 0.3 is 11.7 Å². The molecule has 0 radical (unpaired) electrons. The van der Waals surface area contributed by atoms with Crippen LogP contribution in [0.25, 0.3) is 11.1 Å². The predicted molar refractivity (Wildman–Crippen MR) is 110 cm³/mol. The van der Waals surface area contributed by atoms with Gasteiger partial charge in [0.05, 0.1) is 18.7 Å². The molecule has 0 bridgehead atoms. The summed E-state index contributed by atoms with van der Waals surface area (Å²) >= 11 is 0. The van der Waals surface area contributed by atoms with Gasteiger partial charge in [-0.2, -0.15) is 4.79 Å². The van der Waals surface area contributed by atoms with E-state index in [1.165, 1.54) is 0 Å². The summed E-state index contributed by atoms with van der Waals surface area (Å²) in [5, 5.41) is 0. The van der Waals surface area contributed by atoms with E-state index in [2.05, 4.69) is 28.4 Å². The molecule has 1 aliphatic heterocycles. The standard InChI is InChI=1S/C23H23N3O3/c1-3-29-23(28)20(25-24)19(27)14-15-26-21(16(2)17-10-6-4-7-11-17)22(26)18-12-8-5-9-13-18/h4-13,21-22H,2-3,14-15H2,1H3/t21-,22-,26?/m1/s1. The maximum absolute atomic E-state index is 12.4. The number of benzene rings is 2. The van der Waals surface area contributed by atoms with Crippen LogP contribution in [-0.2, 0) is 14.3 Å². The maximum atomic E-state index is 12.4. The summed E-state index contributed by atoms with van der Waals surface area (Å²) in [4.78, 5) is 29.1. The van der Waals surface area contributed by atoms with Gasteiger partial charge in [-0.1, -0.05) is 67.2 Å². The summed E-state index contributed by atoms with van der Waals surface area (Å²) in [6.07, 6.45) is 0.0418. The first kappa shape index (κ1) is 20.4. The van der Waals surface area contributed by atoms with Gasteiger partial charge in [0, 0.05) is 13.0 Å². The van der Waals surface area contributed by atoms with Crippen LogP contribution in [0.4, 0.5) is 0 Å². The molecule has 3 atom stereocenters. The predicted octanol–water partition coefficient (Wildman–Crippen LogP) is 3.32. The third-order valence-corrected chi connectivity index (χ3v) is 5.00. The van der Waals surface area contributed by atoms with Crippen LogP contribution in [0.5, 0.6) is 0 Å². The second-order valence-electron chi connectivity index (χ2n) is 6.77. The van der Waals surface area contributed by atoms with E-state index < -0.39 is 17.5 Å². The van der Waals surface area contributed by atoms with E-state index in [1.54, 1.807) is 6.92 Å². The van der Waals surface area contributed by atoms with E-state index in [9.17, 15) is 9.59 Å². The fourth-order valence-electron chi connectivity index (χ4n) is 3.55. The number of nitrogens with zero attached hydrogens (tertiary/aromatic N) is 3. The van der Waals surface area contributed by atoms with Crippen molar-refractivity contribution >= 4 is 23.0 Å². The number of hydrogen-bond donors (Lipinski definition) is 0. The molecule has 1 heterocycles. The molecule has 1 unspecified atom stereocenters. The van der Waals surface area contributed by atoms with Crippen molar-refractivity contribution in [3.63, 3.8) is 0 Å². The molecular weight excluding hydrogens is 366 g/mol. The average molecular weight is 389 g/mol. The molecule has 148 valence electrons. The molecule has 2 aromatic carbocycles. The lowest BCUT2D eigenvalue weighted by atomic mass is 10.00. The normalized spacial score (nSPS) is 19.7. The third-order valence-electron chi connectivity index (χ3n) is 5.00. The van der Waals surface area contributed by atoms with Crippen LogP contribution in [0.1, 0.15) is 30.5 Å². The van der Waals surface area contributed by atoms with E-state index >= 15 is 0 Å². The zero-order valence-corrected chi connectivity index (χ0v) is 16.3. The molecule has 29 heavy (non-hydrogen) atoms. The van der Waals surface area contributed by atoms with E-state index in [4.69, 9.17) is 10.3 Å². The smallest absolute Gasteiger partial charge is 0.441 e. The Kier molecular flexibility index (Phi) is 6.50. The molecule has 6 nitrogen and oxygen atoms in total. The molecule has 3 rings (SSSR count). The van der Waals surface area contributed by atoms with Crippen molar-refractivity contribution in [1.82, 2.24) is 4.90 Å². The third kappa shape index (κ3) is 4.57. The highest BCUT2D eigenvalue weighted by atomic mass is 16.5. The van der Waals surface area contributed by atoms with Crippen molar-refractivity contribution in [1.29, 1.82) is 0 Å². The van der Waals surface area contributed by atoms with Crippen molar-refractivity contribution < 1.29 is 19.1 Å². The first-order valence-electron chi connectivity index (χ1n) is 9.55. The monoisotopic (exact) mass is 389 g/mol. The van der Waals surface area contributed by atoms with E-state index in [1.807, 2.05) is 48.5 Å². The van der Waals surface area contributed by atoms with Crippen LogP contribution in [0, 0.1) is 0 Å². The molecular formula is C23H23N3O3. The van der Waals surface area contributed by atoms with E-state index in [0.29, 0.717) is 6.54 Å². The van der Waals surface area contributed by atoms with Crippen molar-refractivity contribution in [2.24, 2.45) is 0 Å². The largest absolute Gasteiger partial charge is 0.457 e. The average Bonchev–Trinajstić information content (AvgIpc) is 3.48. The summed E-state index contributed by atoms with van der Waals surface area (Å²) in [6.45, 7) is 6.42. The van der Waals surface area contributed by atoms with Crippen molar-refractivity contribution in [3.8, 4) is 0 Å². The molecule has 1 fully saturated rings. The van der Waals surface area contributed by atoms with Gasteiger partial charge in [-0.3, -0.25) is 9.69 Å². The fraction of sp³-hybridized carbons (Fsp3) is 0.261. The summed E-state index contributed by atoms with van der Waals surface area (Å²) in [5.74, 6) is -1.45. The maximum Gasteiger partial charge on any atom is 0.441 e. The second kappa shape index (κ2) is 9.24. The zero-order chi connectivity index (χ0) is 20.8. The van der Waals surface area contributed by atoms with E-state index in [0.717, 1.165) is 16.7 Å². The number of hydrogen-bond acceptors (Lipinski definition) is 4. The highest BCUT2D eigenvalue weighted by Gasteiger charge is 2.50. The Morgan fingerprint density at radius 2 is 1.72 bits per heavy atom. The Balaban J connectivity index is 1.74. The van der Waals surface area contributed by atoms with Crippen LogP contribution >= 0.6 is 0 Å². The van der Waals surface area contributed by atoms with Crippen LogP contribution < -0.4 is 0 Å². The van der Waals surface area contributed by atoms with Crippen molar-refractivity contribution in [3.05, 3.63) is 83.9 Å². The number of ketones is 1. The summed E-state index contributed by atoms with van der Waals surface area (Å²) in [5.41, 5.74) is 11.6. The molecule has 1 saturated heterocycles. The van der Waals surface area contributed by atoms with Gasteiger partial charge in [0.2, 0.25) is 0 Å². The van der Waals surface area contributed by atoms with Gasteiger partial charge in [0.15, 0.2) is 0 Å². The lowest BCUT2D eigenvalue weighted by Gasteiger charge is -2.05. The minimum absolute atomic E-state index is 0.0418. The van der Waals surface area contributed by atoms with Crippen LogP contribution in [0.2, 0.25) is 0 Å². The van der Waals surface area contributed by atoms with Gasteiger partial charge in [-0.25, -0.2) is 4.79 Å². The Bertz CT molecular complexity index is 950. The number of carbonyl (C=O) groups excluding carboxylic acids is 2. The topological polar surface area (TPSA) is 82.8 Å². The van der Waals surface area contributed by atoms with Crippen molar-refractivity contribution in [2.75, 3.05) is 13.2 Å². The molecule has 2 aromatic rings. The lowest BCUT2D eigenvalue weighted by Crippen LogP contribution is -2.29. The Labute approximate surface area is 170 Å². The Morgan fingerprint density at radius 1 is 1.10 bits per heavy atom. The lowest BCUT2D eigenvalue weighted by molar-refractivity contribution is -0.141. The van der Waals surface area contributed by atoms with Gasteiger partial charge in [0.25, 0.3) is 5.78 Å². The first-order chi connectivity index (χ1) is 14.1. The number of ether oxygens (including phenoxy) is 1. The van der Waals surface area contributed by atoms with Gasteiger partial charge in [-0.15, -0.1) is 0 Å². The van der Waals surface area contributed by atoms with Crippen molar-refractivity contribution in [2.45, 2.75) is 25.4 Å². The summed E-state index contributed by atoms with van der Waals surface area (Å²) in [7, 11) is 0.